The average Bonchev–Trinajstić information content (AvgIpc) is 2.93. The molecule has 3 unspecified atom stereocenters. The molecule has 15 heavy (non-hydrogen) atoms. The van der Waals surface area contributed by atoms with Gasteiger partial charge in [0.05, 0.1) is 0 Å². The van der Waals surface area contributed by atoms with Crippen LogP contribution in [0.1, 0.15) is 32.6 Å². The highest BCUT2D eigenvalue weighted by Gasteiger charge is 2.32. The molecule has 1 aliphatic carbocycles. The van der Waals surface area contributed by atoms with Crippen LogP contribution in [0.4, 0.5) is 0 Å². The number of rotatable bonds is 5. The van der Waals surface area contributed by atoms with Gasteiger partial charge in [0, 0.05) is 6.54 Å². The highest BCUT2D eigenvalue weighted by Crippen LogP contribution is 2.37. The smallest absolute Gasteiger partial charge is 0.000926 e. The molecule has 3 atom stereocenters. The summed E-state index contributed by atoms with van der Waals surface area (Å²) in [7, 11) is 2.29. The molecular formula is C13H26N2. The molecule has 0 bridgehead atoms. The zero-order chi connectivity index (χ0) is 10.7. The summed E-state index contributed by atoms with van der Waals surface area (Å²) in [4.78, 5) is 2.54. The van der Waals surface area contributed by atoms with Crippen molar-refractivity contribution >= 4 is 0 Å². The Morgan fingerprint density at radius 2 is 2.20 bits per heavy atom. The van der Waals surface area contributed by atoms with Crippen LogP contribution in [-0.2, 0) is 0 Å². The summed E-state index contributed by atoms with van der Waals surface area (Å²) in [6.45, 7) is 7.51. The Kier molecular flexibility index (Phi) is 4.04. The fourth-order valence-corrected chi connectivity index (χ4v) is 2.72. The molecule has 0 amide bonds. The van der Waals surface area contributed by atoms with Crippen LogP contribution in [0, 0.1) is 17.8 Å². The van der Waals surface area contributed by atoms with Crippen LogP contribution in [0.5, 0.6) is 0 Å². The normalized spacial score (nSPS) is 35.8. The minimum Gasteiger partial charge on any atom is -0.316 e. The molecule has 0 aromatic rings. The van der Waals surface area contributed by atoms with E-state index in [0.717, 1.165) is 17.8 Å². The fraction of sp³-hybridized carbons (Fsp3) is 1.00. The van der Waals surface area contributed by atoms with E-state index in [2.05, 4.69) is 24.2 Å². The quantitative estimate of drug-likeness (QED) is 0.746. The van der Waals surface area contributed by atoms with Gasteiger partial charge in [0.25, 0.3) is 0 Å². The maximum atomic E-state index is 3.50. The van der Waals surface area contributed by atoms with Gasteiger partial charge in [-0.05, 0) is 70.1 Å². The molecule has 1 aliphatic heterocycles. The van der Waals surface area contributed by atoms with Gasteiger partial charge in [-0.25, -0.2) is 0 Å². The Morgan fingerprint density at radius 3 is 2.80 bits per heavy atom. The molecule has 88 valence electrons. The van der Waals surface area contributed by atoms with Crippen molar-refractivity contribution in [3.05, 3.63) is 0 Å². The Balaban J connectivity index is 1.55. The maximum absolute atomic E-state index is 3.50. The molecular weight excluding hydrogens is 184 g/mol. The van der Waals surface area contributed by atoms with Gasteiger partial charge in [0.2, 0.25) is 0 Å². The van der Waals surface area contributed by atoms with Gasteiger partial charge in [-0.1, -0.05) is 6.92 Å². The van der Waals surface area contributed by atoms with Crippen molar-refractivity contribution < 1.29 is 0 Å². The molecule has 1 N–H and O–H groups in total. The zero-order valence-electron chi connectivity index (χ0n) is 10.3. The second-order valence-corrected chi connectivity index (χ2v) is 5.74. The van der Waals surface area contributed by atoms with Gasteiger partial charge in [0.15, 0.2) is 0 Å². The summed E-state index contributed by atoms with van der Waals surface area (Å²) in [5.41, 5.74) is 0. The standard InChI is InChI=1S/C13H26N2/c1-11-8-13(11)10-15(2)7-5-12-4-3-6-14-9-12/h11-14H,3-10H2,1-2H3. The van der Waals surface area contributed by atoms with E-state index in [1.165, 1.54) is 51.9 Å². The molecule has 2 heteroatoms. The van der Waals surface area contributed by atoms with E-state index in [1.807, 2.05) is 0 Å². The third-order valence-electron chi connectivity index (χ3n) is 4.14. The van der Waals surface area contributed by atoms with Gasteiger partial charge in [-0.2, -0.15) is 0 Å². The summed E-state index contributed by atoms with van der Waals surface area (Å²) in [6, 6.07) is 0. The fourth-order valence-electron chi connectivity index (χ4n) is 2.72. The minimum absolute atomic E-state index is 0.942. The van der Waals surface area contributed by atoms with Crippen LogP contribution in [0.2, 0.25) is 0 Å². The van der Waals surface area contributed by atoms with Gasteiger partial charge >= 0.3 is 0 Å². The monoisotopic (exact) mass is 210 g/mol. The molecule has 2 fully saturated rings. The lowest BCUT2D eigenvalue weighted by atomic mass is 9.96. The van der Waals surface area contributed by atoms with Gasteiger partial charge in [0.1, 0.15) is 0 Å². The van der Waals surface area contributed by atoms with E-state index in [1.54, 1.807) is 0 Å². The maximum Gasteiger partial charge on any atom is 0.000926 e. The largest absolute Gasteiger partial charge is 0.316 e. The number of hydrogen-bond acceptors (Lipinski definition) is 2. The number of nitrogens with zero attached hydrogens (tertiary/aromatic N) is 1. The first-order chi connectivity index (χ1) is 7.25. The van der Waals surface area contributed by atoms with Crippen molar-refractivity contribution in [3.63, 3.8) is 0 Å². The van der Waals surface area contributed by atoms with Crippen molar-refractivity contribution in [2.75, 3.05) is 33.2 Å². The minimum atomic E-state index is 0.942. The van der Waals surface area contributed by atoms with Crippen LogP contribution < -0.4 is 5.32 Å². The van der Waals surface area contributed by atoms with E-state index in [0.29, 0.717) is 0 Å². The van der Waals surface area contributed by atoms with Gasteiger partial charge in [-0.3, -0.25) is 0 Å². The summed E-state index contributed by atoms with van der Waals surface area (Å²) in [6.07, 6.45) is 5.69. The molecule has 0 spiro atoms. The molecule has 0 radical (unpaired) electrons. The Labute approximate surface area is 94.4 Å². The van der Waals surface area contributed by atoms with E-state index in [4.69, 9.17) is 0 Å². The zero-order valence-corrected chi connectivity index (χ0v) is 10.3. The summed E-state index contributed by atoms with van der Waals surface area (Å²) < 4.78 is 0. The first-order valence-electron chi connectivity index (χ1n) is 6.65. The van der Waals surface area contributed by atoms with Crippen molar-refractivity contribution in [1.29, 1.82) is 0 Å². The summed E-state index contributed by atoms with van der Waals surface area (Å²) >= 11 is 0. The average molecular weight is 210 g/mol. The third-order valence-corrected chi connectivity index (χ3v) is 4.14. The number of piperidine rings is 1. The second kappa shape index (κ2) is 5.31. The Morgan fingerprint density at radius 1 is 1.40 bits per heavy atom. The van der Waals surface area contributed by atoms with E-state index >= 15 is 0 Å². The van der Waals surface area contributed by atoms with Crippen molar-refractivity contribution in [2.24, 2.45) is 17.8 Å². The van der Waals surface area contributed by atoms with Crippen LogP contribution in [0.25, 0.3) is 0 Å². The van der Waals surface area contributed by atoms with E-state index in [-0.39, 0.29) is 0 Å². The lowest BCUT2D eigenvalue weighted by molar-refractivity contribution is 0.264. The van der Waals surface area contributed by atoms with Crippen molar-refractivity contribution in [1.82, 2.24) is 10.2 Å². The van der Waals surface area contributed by atoms with Crippen LogP contribution >= 0.6 is 0 Å². The number of hydrogen-bond donors (Lipinski definition) is 1. The molecule has 1 saturated heterocycles. The van der Waals surface area contributed by atoms with Crippen molar-refractivity contribution in [2.45, 2.75) is 32.6 Å². The first kappa shape index (κ1) is 11.4. The van der Waals surface area contributed by atoms with Crippen LogP contribution in [-0.4, -0.2) is 38.1 Å². The molecule has 2 nitrogen and oxygen atoms in total. The second-order valence-electron chi connectivity index (χ2n) is 5.74. The predicted molar refractivity (Wildman–Crippen MR) is 65.0 cm³/mol. The predicted octanol–water partition coefficient (Wildman–Crippen LogP) is 1.96. The first-order valence-corrected chi connectivity index (χ1v) is 6.65. The lowest BCUT2D eigenvalue weighted by Gasteiger charge is -2.25. The molecule has 0 aromatic heterocycles. The summed E-state index contributed by atoms with van der Waals surface area (Å²) in [5, 5.41) is 3.50. The summed E-state index contributed by atoms with van der Waals surface area (Å²) in [5.74, 6) is 2.96. The van der Waals surface area contributed by atoms with Crippen molar-refractivity contribution in [3.8, 4) is 0 Å². The topological polar surface area (TPSA) is 15.3 Å². The van der Waals surface area contributed by atoms with Crippen LogP contribution in [0.15, 0.2) is 0 Å². The number of nitrogens with one attached hydrogen (secondary N) is 1. The molecule has 1 saturated carbocycles. The SMILES string of the molecule is CC1CC1CN(C)CCC1CCCNC1. The third kappa shape index (κ3) is 3.76. The lowest BCUT2D eigenvalue weighted by Crippen LogP contribution is -2.32. The van der Waals surface area contributed by atoms with Gasteiger partial charge in [-0.15, -0.1) is 0 Å². The van der Waals surface area contributed by atoms with Crippen LogP contribution in [0.3, 0.4) is 0 Å². The Bertz CT molecular complexity index is 187. The molecule has 1 heterocycles. The molecule has 2 aliphatic rings. The Hall–Kier alpha value is -0.0800. The van der Waals surface area contributed by atoms with Gasteiger partial charge < -0.3 is 10.2 Å². The highest BCUT2D eigenvalue weighted by molar-refractivity contribution is 4.84. The van der Waals surface area contributed by atoms with E-state index < -0.39 is 0 Å². The van der Waals surface area contributed by atoms with E-state index in [9.17, 15) is 0 Å². The molecule has 2 rings (SSSR count). The highest BCUT2D eigenvalue weighted by atomic mass is 15.1. The molecule has 0 aromatic carbocycles.